The van der Waals surface area contributed by atoms with Crippen molar-refractivity contribution >= 4 is 17.2 Å². The van der Waals surface area contributed by atoms with E-state index in [1.54, 1.807) is 11.1 Å². The normalized spacial score (nSPS) is 10.8. The second-order valence-electron chi connectivity index (χ2n) is 3.58. The average molecular weight is 233 g/mol. The molecule has 0 aromatic heterocycles. The molecule has 0 saturated carbocycles. The van der Waals surface area contributed by atoms with Crippen LogP contribution in [0.4, 0.5) is 11.4 Å². The molecule has 0 unspecified atom stereocenters. The van der Waals surface area contributed by atoms with E-state index in [9.17, 15) is 0 Å². The third kappa shape index (κ3) is 2.55. The highest BCUT2D eigenvalue weighted by molar-refractivity contribution is 6.07. The fourth-order valence-electron chi connectivity index (χ4n) is 1.67. The Morgan fingerprint density at radius 2 is 1.39 bits per heavy atom. The Bertz CT molecular complexity index is 528. The lowest BCUT2D eigenvalue weighted by molar-refractivity contribution is 1.32. The van der Waals surface area contributed by atoms with Crippen LogP contribution in [-0.4, -0.2) is 5.84 Å². The first kappa shape index (κ1) is 11.9. The maximum Gasteiger partial charge on any atom is 0.207 e. The van der Waals surface area contributed by atoms with Gasteiger partial charge in [-0.25, -0.2) is 0 Å². The second kappa shape index (κ2) is 5.65. The minimum atomic E-state index is 0.148. The van der Waals surface area contributed by atoms with E-state index < -0.39 is 0 Å². The molecule has 3 heteroatoms. The molecule has 0 aliphatic heterocycles. The predicted molar refractivity (Wildman–Crippen MR) is 72.4 cm³/mol. The minimum Gasteiger partial charge on any atom is -0.298 e. The van der Waals surface area contributed by atoms with Gasteiger partial charge in [0.1, 0.15) is 5.84 Å². The molecule has 0 amide bonds. The van der Waals surface area contributed by atoms with Crippen LogP contribution in [0.5, 0.6) is 0 Å². The van der Waals surface area contributed by atoms with Crippen molar-refractivity contribution in [3.05, 3.63) is 67.6 Å². The number of hydrogen-bond acceptors (Lipinski definition) is 2. The molecule has 0 N–H and O–H groups in total. The molecule has 0 spiro atoms. The Kier molecular flexibility index (Phi) is 3.72. The van der Waals surface area contributed by atoms with Gasteiger partial charge in [0, 0.05) is 18.3 Å². The monoisotopic (exact) mass is 233 g/mol. The van der Waals surface area contributed by atoms with Crippen LogP contribution in [0.2, 0.25) is 0 Å². The number of hydrogen-bond donors (Lipinski definition) is 0. The Balaban J connectivity index is 2.49. The van der Waals surface area contributed by atoms with Crippen molar-refractivity contribution in [2.45, 2.75) is 0 Å². The molecule has 2 aromatic carbocycles. The fourth-order valence-corrected chi connectivity index (χ4v) is 1.67. The van der Waals surface area contributed by atoms with E-state index in [4.69, 9.17) is 12.2 Å². The van der Waals surface area contributed by atoms with Gasteiger partial charge in [-0.2, -0.15) is 10.3 Å². The number of benzene rings is 2. The molecule has 2 aromatic rings. The van der Waals surface area contributed by atoms with Crippen LogP contribution in [0.25, 0.3) is 0 Å². The van der Waals surface area contributed by atoms with E-state index in [1.807, 2.05) is 60.7 Å². The highest BCUT2D eigenvalue weighted by Gasteiger charge is 2.11. The van der Waals surface area contributed by atoms with E-state index in [0.29, 0.717) is 0 Å². The molecule has 0 aliphatic rings. The van der Waals surface area contributed by atoms with Gasteiger partial charge in [0.05, 0.1) is 0 Å². The summed E-state index contributed by atoms with van der Waals surface area (Å²) in [4.78, 5) is 5.33. The van der Waals surface area contributed by atoms with E-state index in [0.717, 1.165) is 11.4 Å². The van der Waals surface area contributed by atoms with Gasteiger partial charge in [0.2, 0.25) is 6.19 Å². The highest BCUT2D eigenvalue weighted by Crippen LogP contribution is 2.25. The van der Waals surface area contributed by atoms with Crippen molar-refractivity contribution in [3.63, 3.8) is 0 Å². The molecule has 18 heavy (non-hydrogen) atoms. The van der Waals surface area contributed by atoms with Gasteiger partial charge in [0.15, 0.2) is 0 Å². The molecule has 0 bridgehead atoms. The summed E-state index contributed by atoms with van der Waals surface area (Å²) in [7, 11) is 0. The van der Waals surface area contributed by atoms with Gasteiger partial charge in [-0.1, -0.05) is 36.4 Å². The first-order chi connectivity index (χ1) is 8.83. The van der Waals surface area contributed by atoms with E-state index in [-0.39, 0.29) is 5.84 Å². The lowest BCUT2D eigenvalue weighted by Gasteiger charge is -2.23. The van der Waals surface area contributed by atoms with Crippen LogP contribution in [0.3, 0.4) is 0 Å². The first-order valence-electron chi connectivity index (χ1n) is 5.45. The molecule has 2 rings (SSSR count). The summed E-state index contributed by atoms with van der Waals surface area (Å²) in [5.41, 5.74) is 1.72. The van der Waals surface area contributed by atoms with Crippen LogP contribution in [0, 0.1) is 18.4 Å². The summed E-state index contributed by atoms with van der Waals surface area (Å²) in [6, 6.07) is 19.1. The van der Waals surface area contributed by atoms with Gasteiger partial charge >= 0.3 is 0 Å². The molecule has 0 atom stereocenters. The predicted octanol–water partition coefficient (Wildman–Crippen LogP) is 3.42. The Hall–Kier alpha value is -2.60. The zero-order chi connectivity index (χ0) is 12.8. The summed E-state index contributed by atoms with van der Waals surface area (Å²) < 4.78 is 0. The summed E-state index contributed by atoms with van der Waals surface area (Å²) >= 11 is 0. The molecular weight excluding hydrogens is 222 g/mol. The minimum absolute atomic E-state index is 0.148. The third-order valence-corrected chi connectivity index (χ3v) is 2.42. The van der Waals surface area contributed by atoms with E-state index in [1.165, 1.54) is 0 Å². The van der Waals surface area contributed by atoms with Crippen molar-refractivity contribution in [3.8, 4) is 6.19 Å². The summed E-state index contributed by atoms with van der Waals surface area (Å²) in [6.45, 7) is 5.85. The summed E-state index contributed by atoms with van der Waals surface area (Å²) in [6.07, 6.45) is 1.71. The molecule has 2 radical (unpaired) electrons. The zero-order valence-electron chi connectivity index (χ0n) is 9.69. The molecule has 3 nitrogen and oxygen atoms in total. The van der Waals surface area contributed by atoms with Gasteiger partial charge < -0.3 is 0 Å². The standard InChI is InChI=1S/C15H11N3/c1-13(17-12-16)18(14-8-4-2-5-9-14)15-10-6-3-7-11-15/h1-11H. The quantitative estimate of drug-likeness (QED) is 0.453. The molecular formula is C15H11N3. The van der Waals surface area contributed by atoms with E-state index >= 15 is 0 Å². The SMILES string of the molecule is [CH]C(=NC#N)N(c1ccccc1)c1ccccc1. The number of aliphatic imine (C=N–C) groups is 1. The van der Waals surface area contributed by atoms with Gasteiger partial charge in [-0.15, -0.1) is 0 Å². The van der Waals surface area contributed by atoms with Gasteiger partial charge in [0.25, 0.3) is 0 Å². The fraction of sp³-hybridized carbons (Fsp3) is 0. The van der Waals surface area contributed by atoms with Crippen molar-refractivity contribution in [2.75, 3.05) is 4.90 Å². The number of nitrogens with zero attached hydrogens (tertiary/aromatic N) is 3. The molecule has 0 heterocycles. The van der Waals surface area contributed by atoms with E-state index in [2.05, 4.69) is 4.99 Å². The topological polar surface area (TPSA) is 39.4 Å². The summed E-state index contributed by atoms with van der Waals surface area (Å²) in [5.74, 6) is 0.148. The van der Waals surface area contributed by atoms with Crippen molar-refractivity contribution in [1.29, 1.82) is 5.26 Å². The van der Waals surface area contributed by atoms with Crippen LogP contribution < -0.4 is 4.90 Å². The third-order valence-electron chi connectivity index (χ3n) is 2.42. The van der Waals surface area contributed by atoms with Gasteiger partial charge in [-0.3, -0.25) is 4.90 Å². The molecule has 86 valence electrons. The Labute approximate surface area is 107 Å². The first-order valence-corrected chi connectivity index (χ1v) is 5.45. The van der Waals surface area contributed by atoms with Crippen molar-refractivity contribution < 1.29 is 0 Å². The number of para-hydroxylation sites is 2. The lowest BCUT2D eigenvalue weighted by Crippen LogP contribution is -2.23. The smallest absolute Gasteiger partial charge is 0.207 e. The lowest BCUT2D eigenvalue weighted by atomic mass is 10.2. The number of amidine groups is 1. The highest BCUT2D eigenvalue weighted by atomic mass is 15.2. The molecule has 0 fully saturated rings. The number of anilines is 2. The average Bonchev–Trinajstić information content (AvgIpc) is 2.42. The second-order valence-corrected chi connectivity index (χ2v) is 3.58. The maximum atomic E-state index is 8.64. The van der Waals surface area contributed by atoms with Crippen LogP contribution >= 0.6 is 0 Å². The maximum absolute atomic E-state index is 8.64. The van der Waals surface area contributed by atoms with Crippen LogP contribution in [-0.2, 0) is 0 Å². The van der Waals surface area contributed by atoms with Crippen molar-refractivity contribution in [1.82, 2.24) is 0 Å². The van der Waals surface area contributed by atoms with Crippen LogP contribution in [0.15, 0.2) is 65.7 Å². The Morgan fingerprint density at radius 3 is 1.78 bits per heavy atom. The molecule has 0 saturated heterocycles. The van der Waals surface area contributed by atoms with Crippen LogP contribution in [0.1, 0.15) is 0 Å². The summed E-state index contributed by atoms with van der Waals surface area (Å²) in [5, 5.41) is 8.64. The number of nitriles is 1. The Morgan fingerprint density at radius 1 is 0.944 bits per heavy atom. The van der Waals surface area contributed by atoms with Crippen molar-refractivity contribution in [2.24, 2.45) is 4.99 Å². The number of rotatable bonds is 2. The zero-order valence-corrected chi connectivity index (χ0v) is 9.69. The molecule has 0 aliphatic carbocycles. The largest absolute Gasteiger partial charge is 0.298 e. The van der Waals surface area contributed by atoms with Gasteiger partial charge in [-0.05, 0) is 24.3 Å².